The standard InChI is InChI=1S/C15H22N2O3S/c1-3-20-14-4-5-15-13(12-14)6-9-17(15)10-7-16-8-11-21(2,18)19/h4-6,9,12,16H,3,7-8,10-11H2,1-2H3. The van der Waals surface area contributed by atoms with Crippen LogP contribution in [0.5, 0.6) is 5.75 Å². The van der Waals surface area contributed by atoms with Crippen LogP contribution in [0.1, 0.15) is 6.92 Å². The summed E-state index contributed by atoms with van der Waals surface area (Å²) in [5, 5.41) is 4.30. The van der Waals surface area contributed by atoms with Gasteiger partial charge in [0.05, 0.1) is 12.4 Å². The van der Waals surface area contributed by atoms with Gasteiger partial charge in [-0.05, 0) is 31.2 Å². The molecule has 0 radical (unpaired) electrons. The molecule has 0 saturated heterocycles. The number of sulfone groups is 1. The molecule has 0 aliphatic carbocycles. The van der Waals surface area contributed by atoms with Gasteiger partial charge in [-0.3, -0.25) is 0 Å². The number of ether oxygens (including phenoxy) is 1. The van der Waals surface area contributed by atoms with Crippen LogP contribution in [0.15, 0.2) is 30.5 Å². The fraction of sp³-hybridized carbons (Fsp3) is 0.467. The molecule has 0 spiro atoms. The Bertz CT molecular complexity index is 692. The van der Waals surface area contributed by atoms with Gasteiger partial charge in [0, 0.05) is 43.0 Å². The summed E-state index contributed by atoms with van der Waals surface area (Å²) in [6.45, 7) is 4.67. The number of nitrogens with one attached hydrogen (secondary N) is 1. The highest BCUT2D eigenvalue weighted by Crippen LogP contribution is 2.21. The zero-order valence-electron chi connectivity index (χ0n) is 12.5. The van der Waals surface area contributed by atoms with E-state index in [1.54, 1.807) is 0 Å². The minimum atomic E-state index is -2.89. The van der Waals surface area contributed by atoms with Crippen molar-refractivity contribution in [2.75, 3.05) is 31.7 Å². The molecule has 21 heavy (non-hydrogen) atoms. The van der Waals surface area contributed by atoms with Gasteiger partial charge in [-0.25, -0.2) is 8.42 Å². The number of aromatic nitrogens is 1. The number of hydrogen-bond acceptors (Lipinski definition) is 4. The predicted molar refractivity (Wildman–Crippen MR) is 85.7 cm³/mol. The maximum atomic E-state index is 11.0. The van der Waals surface area contributed by atoms with E-state index in [1.807, 2.05) is 25.3 Å². The summed E-state index contributed by atoms with van der Waals surface area (Å²) >= 11 is 0. The maximum absolute atomic E-state index is 11.0. The molecule has 5 nitrogen and oxygen atoms in total. The SMILES string of the molecule is CCOc1ccc2c(ccn2CCNCCS(C)(=O)=O)c1. The summed E-state index contributed by atoms with van der Waals surface area (Å²) < 4.78 is 29.7. The molecule has 0 unspecified atom stereocenters. The van der Waals surface area contributed by atoms with E-state index >= 15 is 0 Å². The summed E-state index contributed by atoms with van der Waals surface area (Å²) in [5.74, 6) is 1.06. The van der Waals surface area contributed by atoms with Gasteiger partial charge in [0.15, 0.2) is 0 Å². The largest absolute Gasteiger partial charge is 0.494 e. The van der Waals surface area contributed by atoms with Crippen molar-refractivity contribution in [3.63, 3.8) is 0 Å². The lowest BCUT2D eigenvalue weighted by atomic mass is 10.2. The Labute approximate surface area is 125 Å². The summed E-state index contributed by atoms with van der Waals surface area (Å²) in [6, 6.07) is 8.12. The molecule has 2 rings (SSSR count). The first-order valence-corrected chi connectivity index (χ1v) is 9.16. The Morgan fingerprint density at radius 2 is 2.05 bits per heavy atom. The van der Waals surface area contributed by atoms with E-state index in [-0.39, 0.29) is 5.75 Å². The van der Waals surface area contributed by atoms with Gasteiger partial charge in [0.2, 0.25) is 0 Å². The van der Waals surface area contributed by atoms with Crippen molar-refractivity contribution in [1.29, 1.82) is 0 Å². The average molecular weight is 310 g/mol. The third-order valence-corrected chi connectivity index (χ3v) is 4.18. The van der Waals surface area contributed by atoms with Crippen LogP contribution < -0.4 is 10.1 Å². The first kappa shape index (κ1) is 15.9. The van der Waals surface area contributed by atoms with Crippen molar-refractivity contribution in [3.8, 4) is 5.75 Å². The van der Waals surface area contributed by atoms with Gasteiger partial charge >= 0.3 is 0 Å². The molecule has 116 valence electrons. The molecule has 1 N–H and O–H groups in total. The van der Waals surface area contributed by atoms with Crippen LogP contribution in [-0.2, 0) is 16.4 Å². The van der Waals surface area contributed by atoms with E-state index in [0.717, 1.165) is 29.7 Å². The second kappa shape index (κ2) is 6.95. The Balaban J connectivity index is 1.91. The third kappa shape index (κ3) is 4.75. The quantitative estimate of drug-likeness (QED) is 0.754. The lowest BCUT2D eigenvalue weighted by molar-refractivity contribution is 0.340. The van der Waals surface area contributed by atoms with Gasteiger partial charge in [0.1, 0.15) is 15.6 Å². The molecule has 1 aromatic carbocycles. The first-order valence-electron chi connectivity index (χ1n) is 7.10. The average Bonchev–Trinajstić information content (AvgIpc) is 2.80. The molecule has 1 heterocycles. The first-order chi connectivity index (χ1) is 9.99. The van der Waals surface area contributed by atoms with Gasteiger partial charge < -0.3 is 14.6 Å². The summed E-state index contributed by atoms with van der Waals surface area (Å²) in [5.41, 5.74) is 1.16. The van der Waals surface area contributed by atoms with E-state index in [4.69, 9.17) is 4.74 Å². The molecule has 1 aromatic heterocycles. The highest BCUT2D eigenvalue weighted by molar-refractivity contribution is 7.90. The third-order valence-electron chi connectivity index (χ3n) is 3.23. The van der Waals surface area contributed by atoms with Crippen LogP contribution in [0.25, 0.3) is 10.9 Å². The Morgan fingerprint density at radius 1 is 1.24 bits per heavy atom. The van der Waals surface area contributed by atoms with Crippen LogP contribution in [0.4, 0.5) is 0 Å². The van der Waals surface area contributed by atoms with E-state index in [1.165, 1.54) is 6.26 Å². The van der Waals surface area contributed by atoms with E-state index in [2.05, 4.69) is 22.0 Å². The molecular weight excluding hydrogens is 288 g/mol. The van der Waals surface area contributed by atoms with Gasteiger partial charge in [-0.1, -0.05) is 0 Å². The van der Waals surface area contributed by atoms with Crippen molar-refractivity contribution in [2.24, 2.45) is 0 Å². The fourth-order valence-corrected chi connectivity index (χ4v) is 2.73. The molecular formula is C15H22N2O3S. The van der Waals surface area contributed by atoms with Crippen molar-refractivity contribution in [3.05, 3.63) is 30.5 Å². The van der Waals surface area contributed by atoms with E-state index in [9.17, 15) is 8.42 Å². The second-order valence-corrected chi connectivity index (χ2v) is 7.30. The Morgan fingerprint density at radius 3 is 2.76 bits per heavy atom. The number of nitrogens with zero attached hydrogens (tertiary/aromatic N) is 1. The van der Waals surface area contributed by atoms with Crippen LogP contribution >= 0.6 is 0 Å². The molecule has 2 aromatic rings. The van der Waals surface area contributed by atoms with Gasteiger partial charge in [-0.15, -0.1) is 0 Å². The van der Waals surface area contributed by atoms with Crippen LogP contribution in [0.2, 0.25) is 0 Å². The highest BCUT2D eigenvalue weighted by atomic mass is 32.2. The Hall–Kier alpha value is -1.53. The molecule has 0 fully saturated rings. The zero-order valence-corrected chi connectivity index (χ0v) is 13.3. The van der Waals surface area contributed by atoms with E-state index in [0.29, 0.717) is 13.2 Å². The Kier molecular flexibility index (Phi) is 5.25. The molecule has 6 heteroatoms. The molecule has 0 aliphatic rings. The topological polar surface area (TPSA) is 60.3 Å². The smallest absolute Gasteiger partial charge is 0.148 e. The maximum Gasteiger partial charge on any atom is 0.148 e. The van der Waals surface area contributed by atoms with Crippen molar-refractivity contribution >= 4 is 20.7 Å². The zero-order chi connectivity index (χ0) is 15.3. The number of fused-ring (bicyclic) bond motifs is 1. The molecule has 0 saturated carbocycles. The van der Waals surface area contributed by atoms with E-state index < -0.39 is 9.84 Å². The number of hydrogen-bond donors (Lipinski definition) is 1. The molecule has 0 atom stereocenters. The van der Waals surface area contributed by atoms with Crippen LogP contribution in [-0.4, -0.2) is 44.7 Å². The fourth-order valence-electron chi connectivity index (χ4n) is 2.21. The summed E-state index contributed by atoms with van der Waals surface area (Å²) in [4.78, 5) is 0. The second-order valence-electron chi connectivity index (χ2n) is 5.04. The van der Waals surface area contributed by atoms with Crippen LogP contribution in [0, 0.1) is 0 Å². The van der Waals surface area contributed by atoms with Gasteiger partial charge in [0.25, 0.3) is 0 Å². The molecule has 0 amide bonds. The minimum Gasteiger partial charge on any atom is -0.494 e. The van der Waals surface area contributed by atoms with Crippen molar-refractivity contribution < 1.29 is 13.2 Å². The van der Waals surface area contributed by atoms with Crippen molar-refractivity contribution in [1.82, 2.24) is 9.88 Å². The lowest BCUT2D eigenvalue weighted by Gasteiger charge is -2.08. The highest BCUT2D eigenvalue weighted by Gasteiger charge is 2.03. The minimum absolute atomic E-state index is 0.178. The summed E-state index contributed by atoms with van der Waals surface area (Å²) in [7, 11) is -2.89. The van der Waals surface area contributed by atoms with Gasteiger partial charge in [-0.2, -0.15) is 0 Å². The summed E-state index contributed by atoms with van der Waals surface area (Å²) in [6.07, 6.45) is 3.29. The number of benzene rings is 1. The lowest BCUT2D eigenvalue weighted by Crippen LogP contribution is -2.25. The monoisotopic (exact) mass is 310 g/mol. The number of rotatable bonds is 8. The normalized spacial score (nSPS) is 11.9. The van der Waals surface area contributed by atoms with Crippen molar-refractivity contribution in [2.45, 2.75) is 13.5 Å². The molecule has 0 bridgehead atoms. The predicted octanol–water partition coefficient (Wildman–Crippen LogP) is 1.67. The van der Waals surface area contributed by atoms with Crippen LogP contribution in [0.3, 0.4) is 0 Å². The molecule has 0 aliphatic heterocycles.